The third-order valence-electron chi connectivity index (χ3n) is 4.09. The number of carbonyl (C=O) groups is 3. The lowest BCUT2D eigenvalue weighted by Gasteiger charge is -2.30. The maximum Gasteiger partial charge on any atom is 0.331 e. The van der Waals surface area contributed by atoms with Crippen LogP contribution in [0.3, 0.4) is 0 Å². The van der Waals surface area contributed by atoms with Crippen molar-refractivity contribution in [1.29, 1.82) is 0 Å². The highest BCUT2D eigenvalue weighted by molar-refractivity contribution is 6.31. The van der Waals surface area contributed by atoms with Gasteiger partial charge in [0.05, 0.1) is 13.2 Å². The smallest absolute Gasteiger partial charge is 0.331 e. The molecule has 2 fully saturated rings. The van der Waals surface area contributed by atoms with Crippen LogP contribution in [0, 0.1) is 0 Å². The fourth-order valence-corrected chi connectivity index (χ4v) is 2.85. The molecule has 0 radical (unpaired) electrons. The van der Waals surface area contributed by atoms with Crippen LogP contribution in [0.2, 0.25) is 0 Å². The molecule has 0 saturated carbocycles. The summed E-state index contributed by atoms with van der Waals surface area (Å²) in [6.07, 6.45) is 2.97. The van der Waals surface area contributed by atoms with Crippen LogP contribution >= 0.6 is 0 Å². The fourth-order valence-electron chi connectivity index (χ4n) is 2.85. The maximum absolute atomic E-state index is 12.5. The van der Waals surface area contributed by atoms with E-state index in [0.29, 0.717) is 13.2 Å². The van der Waals surface area contributed by atoms with Gasteiger partial charge in [0.1, 0.15) is 5.57 Å². The van der Waals surface area contributed by atoms with Crippen molar-refractivity contribution in [2.24, 2.45) is 0 Å². The van der Waals surface area contributed by atoms with Crippen molar-refractivity contribution in [3.05, 3.63) is 48.1 Å². The van der Waals surface area contributed by atoms with E-state index in [1.807, 2.05) is 24.3 Å². The van der Waals surface area contributed by atoms with Crippen LogP contribution in [-0.2, 0) is 14.3 Å². The molecule has 0 atom stereocenters. The van der Waals surface area contributed by atoms with E-state index in [1.165, 1.54) is 12.2 Å². The Hall–Kier alpha value is -2.93. The van der Waals surface area contributed by atoms with Gasteiger partial charge in [-0.25, -0.2) is 4.79 Å². The van der Waals surface area contributed by atoms with Gasteiger partial charge in [0.2, 0.25) is 0 Å². The van der Waals surface area contributed by atoms with E-state index in [-0.39, 0.29) is 12.1 Å². The molecule has 130 valence electrons. The largest absolute Gasteiger partial charge is 0.378 e. The first kappa shape index (κ1) is 16.9. The summed E-state index contributed by atoms with van der Waals surface area (Å²) < 4.78 is 5.37. The topological polar surface area (TPSA) is 79.0 Å². The molecule has 0 unspecified atom stereocenters. The Morgan fingerprint density at radius 3 is 2.60 bits per heavy atom. The molecule has 2 aliphatic heterocycles. The highest BCUT2D eigenvalue weighted by Gasteiger charge is 2.35. The third-order valence-corrected chi connectivity index (χ3v) is 4.09. The lowest BCUT2D eigenvalue weighted by Crippen LogP contribution is -2.54. The minimum absolute atomic E-state index is 0.0421. The monoisotopic (exact) mass is 341 g/mol. The Bertz CT molecular complexity index is 750. The first-order chi connectivity index (χ1) is 12.1. The number of rotatable bonds is 4. The molecule has 1 aromatic carbocycles. The number of imide groups is 2. The number of amides is 4. The SMILES string of the molecule is C=CCN1C(=O)NC(=O)/C(=C/c2ccccc2N2CCOCC2)C1=O. The van der Waals surface area contributed by atoms with E-state index in [0.717, 1.165) is 29.2 Å². The molecule has 0 bridgehead atoms. The molecule has 0 aromatic heterocycles. The van der Waals surface area contributed by atoms with Crippen molar-refractivity contribution in [3.8, 4) is 0 Å². The van der Waals surface area contributed by atoms with E-state index in [2.05, 4.69) is 16.8 Å². The molecule has 7 heteroatoms. The van der Waals surface area contributed by atoms with E-state index in [1.54, 1.807) is 0 Å². The second kappa shape index (κ2) is 7.31. The van der Waals surface area contributed by atoms with Gasteiger partial charge >= 0.3 is 6.03 Å². The predicted molar refractivity (Wildman–Crippen MR) is 92.9 cm³/mol. The van der Waals surface area contributed by atoms with Crippen molar-refractivity contribution >= 4 is 29.6 Å². The molecule has 25 heavy (non-hydrogen) atoms. The highest BCUT2D eigenvalue weighted by Crippen LogP contribution is 2.25. The van der Waals surface area contributed by atoms with E-state index in [4.69, 9.17) is 4.74 Å². The first-order valence-corrected chi connectivity index (χ1v) is 8.03. The molecule has 0 spiro atoms. The Kier molecular flexibility index (Phi) is 4.95. The summed E-state index contributed by atoms with van der Waals surface area (Å²) in [6.45, 7) is 6.31. The number of nitrogens with one attached hydrogen (secondary N) is 1. The Morgan fingerprint density at radius 1 is 1.16 bits per heavy atom. The average Bonchev–Trinajstić information content (AvgIpc) is 2.63. The molecule has 1 aromatic rings. The number of para-hydroxylation sites is 1. The van der Waals surface area contributed by atoms with Crippen molar-refractivity contribution in [2.45, 2.75) is 0 Å². The van der Waals surface area contributed by atoms with Crippen LogP contribution in [-0.4, -0.2) is 55.6 Å². The minimum Gasteiger partial charge on any atom is -0.378 e. The average molecular weight is 341 g/mol. The highest BCUT2D eigenvalue weighted by atomic mass is 16.5. The molecular formula is C18H19N3O4. The second-order valence-electron chi connectivity index (χ2n) is 5.68. The summed E-state index contributed by atoms with van der Waals surface area (Å²) in [4.78, 5) is 39.6. The second-order valence-corrected chi connectivity index (χ2v) is 5.68. The van der Waals surface area contributed by atoms with Crippen LogP contribution in [0.5, 0.6) is 0 Å². The summed E-state index contributed by atoms with van der Waals surface area (Å²) >= 11 is 0. The molecule has 3 rings (SSSR count). The zero-order valence-corrected chi connectivity index (χ0v) is 13.7. The zero-order chi connectivity index (χ0) is 17.8. The van der Waals surface area contributed by atoms with Crippen molar-refractivity contribution < 1.29 is 19.1 Å². The Morgan fingerprint density at radius 2 is 1.88 bits per heavy atom. The van der Waals surface area contributed by atoms with Crippen LogP contribution < -0.4 is 10.2 Å². The van der Waals surface area contributed by atoms with Gasteiger partial charge in [0.15, 0.2) is 0 Å². The van der Waals surface area contributed by atoms with Gasteiger partial charge in [-0.1, -0.05) is 24.3 Å². The summed E-state index contributed by atoms with van der Waals surface area (Å²) in [7, 11) is 0. The number of hydrogen-bond acceptors (Lipinski definition) is 5. The van der Waals surface area contributed by atoms with Gasteiger partial charge in [-0.15, -0.1) is 6.58 Å². The summed E-state index contributed by atoms with van der Waals surface area (Å²) in [6, 6.07) is 6.80. The molecule has 4 amide bonds. The number of carbonyl (C=O) groups excluding carboxylic acids is 3. The molecule has 1 N–H and O–H groups in total. The van der Waals surface area contributed by atoms with E-state index in [9.17, 15) is 14.4 Å². The number of anilines is 1. The molecule has 7 nitrogen and oxygen atoms in total. The Balaban J connectivity index is 1.96. The number of hydrogen-bond donors (Lipinski definition) is 1. The quantitative estimate of drug-likeness (QED) is 0.505. The van der Waals surface area contributed by atoms with Gasteiger partial charge in [-0.3, -0.25) is 19.8 Å². The van der Waals surface area contributed by atoms with E-state index < -0.39 is 17.8 Å². The van der Waals surface area contributed by atoms with Gasteiger partial charge < -0.3 is 9.64 Å². The van der Waals surface area contributed by atoms with Crippen LogP contribution in [0.4, 0.5) is 10.5 Å². The zero-order valence-electron chi connectivity index (χ0n) is 13.7. The van der Waals surface area contributed by atoms with Crippen molar-refractivity contribution in [1.82, 2.24) is 10.2 Å². The standard InChI is InChI=1S/C18H19N3O4/c1-2-7-21-17(23)14(16(22)19-18(21)24)12-13-5-3-4-6-15(13)20-8-10-25-11-9-20/h2-6,12H,1,7-11H2,(H,19,22,24)/b14-12-. The fraction of sp³-hybridized carbons (Fsp3) is 0.278. The third kappa shape index (κ3) is 3.46. The van der Waals surface area contributed by atoms with Gasteiger partial charge in [0.25, 0.3) is 11.8 Å². The van der Waals surface area contributed by atoms with Gasteiger partial charge in [0, 0.05) is 25.3 Å². The minimum atomic E-state index is -0.728. The van der Waals surface area contributed by atoms with Crippen LogP contribution in [0.1, 0.15) is 5.56 Å². The lowest BCUT2D eigenvalue weighted by molar-refractivity contribution is -0.129. The molecule has 0 aliphatic carbocycles. The number of ether oxygens (including phenoxy) is 1. The summed E-state index contributed by atoms with van der Waals surface area (Å²) in [5.74, 6) is -1.31. The lowest BCUT2D eigenvalue weighted by atomic mass is 10.0. The number of barbiturate groups is 1. The summed E-state index contributed by atoms with van der Waals surface area (Å²) in [5.41, 5.74) is 1.60. The normalized spacial score (nSPS) is 20.0. The first-order valence-electron chi connectivity index (χ1n) is 8.03. The molecular weight excluding hydrogens is 322 g/mol. The van der Waals surface area contributed by atoms with E-state index >= 15 is 0 Å². The van der Waals surface area contributed by atoms with Crippen LogP contribution in [0.25, 0.3) is 6.08 Å². The van der Waals surface area contributed by atoms with Crippen LogP contribution in [0.15, 0.2) is 42.5 Å². The van der Waals surface area contributed by atoms with Crippen molar-refractivity contribution in [2.75, 3.05) is 37.7 Å². The Labute approximate surface area is 145 Å². The van der Waals surface area contributed by atoms with Gasteiger partial charge in [-0.2, -0.15) is 0 Å². The van der Waals surface area contributed by atoms with Gasteiger partial charge in [-0.05, 0) is 17.7 Å². The number of morpholine rings is 1. The number of nitrogens with zero attached hydrogens (tertiary/aromatic N) is 2. The molecule has 2 heterocycles. The predicted octanol–water partition coefficient (Wildman–Crippen LogP) is 1.17. The molecule has 2 saturated heterocycles. The molecule has 2 aliphatic rings. The maximum atomic E-state index is 12.5. The number of benzene rings is 1. The van der Waals surface area contributed by atoms with Crippen molar-refractivity contribution in [3.63, 3.8) is 0 Å². The number of urea groups is 1. The summed E-state index contributed by atoms with van der Waals surface area (Å²) in [5, 5.41) is 2.19.